The summed E-state index contributed by atoms with van der Waals surface area (Å²) in [5.41, 5.74) is 5.65. The fourth-order valence-electron chi connectivity index (χ4n) is 2.84. The number of nitro benzene ring substituents is 1. The molecule has 2 amide bonds. The van der Waals surface area contributed by atoms with Crippen molar-refractivity contribution < 1.29 is 14.5 Å². The van der Waals surface area contributed by atoms with Gasteiger partial charge in [-0.15, -0.1) is 0 Å². The number of piperidine rings is 1. The molecule has 1 aliphatic heterocycles. The summed E-state index contributed by atoms with van der Waals surface area (Å²) in [5, 5.41) is 11.3. The Morgan fingerprint density at radius 1 is 1.35 bits per heavy atom. The van der Waals surface area contributed by atoms with Gasteiger partial charge >= 0.3 is 0 Å². The fraction of sp³-hybridized carbons (Fsp3) is 0.467. The highest BCUT2D eigenvalue weighted by Gasteiger charge is 2.28. The van der Waals surface area contributed by atoms with Gasteiger partial charge in [0.05, 0.1) is 4.92 Å². The molecule has 23 heavy (non-hydrogen) atoms. The second-order valence-corrected chi connectivity index (χ2v) is 5.67. The van der Waals surface area contributed by atoms with Crippen LogP contribution in [0.3, 0.4) is 0 Å². The molecule has 0 aromatic heterocycles. The van der Waals surface area contributed by atoms with Gasteiger partial charge in [-0.25, -0.2) is 0 Å². The Hall–Kier alpha value is -2.64. The van der Waals surface area contributed by atoms with Crippen LogP contribution in [0.25, 0.3) is 0 Å². The van der Waals surface area contributed by atoms with E-state index in [1.807, 2.05) is 4.90 Å². The lowest BCUT2D eigenvalue weighted by Gasteiger charge is -2.37. The number of benzene rings is 1. The Morgan fingerprint density at radius 2 is 1.96 bits per heavy atom. The molecule has 0 unspecified atom stereocenters. The lowest BCUT2D eigenvalue weighted by atomic mass is 10.0. The minimum Gasteiger partial charge on any atom is -0.366 e. The van der Waals surface area contributed by atoms with Gasteiger partial charge in [0.2, 0.25) is 11.8 Å². The molecule has 0 aliphatic carbocycles. The van der Waals surface area contributed by atoms with E-state index in [4.69, 9.17) is 5.73 Å². The van der Waals surface area contributed by atoms with Crippen molar-refractivity contribution in [3.63, 3.8) is 0 Å². The molecule has 8 heteroatoms. The maximum absolute atomic E-state index is 11.4. The van der Waals surface area contributed by atoms with Gasteiger partial charge in [-0.1, -0.05) is 0 Å². The highest BCUT2D eigenvalue weighted by atomic mass is 16.6. The van der Waals surface area contributed by atoms with Crippen LogP contribution in [0.15, 0.2) is 18.2 Å². The molecule has 1 fully saturated rings. The normalized spacial score (nSPS) is 15.3. The Bertz CT molecular complexity index is 638. The second kappa shape index (κ2) is 6.64. The maximum atomic E-state index is 11.4. The Labute approximate surface area is 134 Å². The van der Waals surface area contributed by atoms with Crippen molar-refractivity contribution in [3.05, 3.63) is 33.9 Å². The Kier molecular flexibility index (Phi) is 4.83. The van der Waals surface area contributed by atoms with Gasteiger partial charge in [0, 0.05) is 44.7 Å². The van der Waals surface area contributed by atoms with Crippen molar-refractivity contribution >= 4 is 23.2 Å². The van der Waals surface area contributed by atoms with E-state index < -0.39 is 10.8 Å². The highest BCUT2D eigenvalue weighted by molar-refractivity contribution is 5.94. The standard InChI is InChI=1S/C15H20N4O4/c1-10(20)17(2)12-5-7-18(8-6-12)13-4-3-11(15(16)21)9-14(13)19(22)23/h3-4,9,12H,5-8H2,1-2H3,(H2,16,21). The van der Waals surface area contributed by atoms with Gasteiger partial charge < -0.3 is 15.5 Å². The van der Waals surface area contributed by atoms with E-state index in [9.17, 15) is 19.7 Å². The molecular weight excluding hydrogens is 300 g/mol. The highest BCUT2D eigenvalue weighted by Crippen LogP contribution is 2.31. The number of nitrogens with two attached hydrogens (primary N) is 1. The number of anilines is 1. The van der Waals surface area contributed by atoms with Crippen LogP contribution in [0.1, 0.15) is 30.1 Å². The molecule has 124 valence electrons. The Morgan fingerprint density at radius 3 is 2.43 bits per heavy atom. The van der Waals surface area contributed by atoms with Crippen LogP contribution < -0.4 is 10.6 Å². The smallest absolute Gasteiger partial charge is 0.293 e. The number of amides is 2. The summed E-state index contributed by atoms with van der Waals surface area (Å²) in [5.74, 6) is -0.679. The molecule has 1 saturated heterocycles. The lowest BCUT2D eigenvalue weighted by Crippen LogP contribution is -2.45. The summed E-state index contributed by atoms with van der Waals surface area (Å²) in [6.07, 6.45) is 1.48. The van der Waals surface area contributed by atoms with Crippen molar-refractivity contribution in [2.75, 3.05) is 25.0 Å². The van der Waals surface area contributed by atoms with E-state index in [2.05, 4.69) is 0 Å². The minimum atomic E-state index is -0.693. The number of carbonyl (C=O) groups excluding carboxylic acids is 2. The van der Waals surface area contributed by atoms with Gasteiger partial charge in [-0.3, -0.25) is 19.7 Å². The average molecular weight is 320 g/mol. The fourth-order valence-corrected chi connectivity index (χ4v) is 2.84. The van der Waals surface area contributed by atoms with Gasteiger partial charge in [-0.05, 0) is 25.0 Å². The zero-order chi connectivity index (χ0) is 17.1. The van der Waals surface area contributed by atoms with E-state index in [0.29, 0.717) is 18.8 Å². The van der Waals surface area contributed by atoms with E-state index >= 15 is 0 Å². The summed E-state index contributed by atoms with van der Waals surface area (Å²) in [6, 6.07) is 4.42. The maximum Gasteiger partial charge on any atom is 0.293 e. The molecular formula is C15H20N4O4. The van der Waals surface area contributed by atoms with E-state index in [1.165, 1.54) is 19.1 Å². The number of carbonyl (C=O) groups is 2. The summed E-state index contributed by atoms with van der Waals surface area (Å²) in [6.45, 7) is 2.75. The molecule has 1 heterocycles. The van der Waals surface area contributed by atoms with E-state index in [1.54, 1.807) is 18.0 Å². The van der Waals surface area contributed by atoms with Crippen LogP contribution in [-0.4, -0.2) is 47.8 Å². The summed E-state index contributed by atoms with van der Waals surface area (Å²) in [7, 11) is 1.77. The third-order valence-corrected chi connectivity index (χ3v) is 4.31. The van der Waals surface area contributed by atoms with Crippen molar-refractivity contribution in [2.24, 2.45) is 5.73 Å². The molecule has 2 rings (SSSR count). The topological polar surface area (TPSA) is 110 Å². The molecule has 1 aliphatic rings. The van der Waals surface area contributed by atoms with E-state index in [-0.39, 0.29) is 23.2 Å². The van der Waals surface area contributed by atoms with Crippen LogP contribution in [-0.2, 0) is 4.79 Å². The molecule has 0 bridgehead atoms. The molecule has 0 radical (unpaired) electrons. The monoisotopic (exact) mass is 320 g/mol. The van der Waals surface area contributed by atoms with E-state index in [0.717, 1.165) is 12.8 Å². The Balaban J connectivity index is 2.19. The van der Waals surface area contributed by atoms with Gasteiger partial charge in [-0.2, -0.15) is 0 Å². The number of nitrogens with zero attached hydrogens (tertiary/aromatic N) is 3. The predicted molar refractivity (Wildman–Crippen MR) is 85.3 cm³/mol. The predicted octanol–water partition coefficient (Wildman–Crippen LogP) is 1.14. The van der Waals surface area contributed by atoms with Crippen LogP contribution in [0.4, 0.5) is 11.4 Å². The first-order chi connectivity index (χ1) is 10.8. The third-order valence-electron chi connectivity index (χ3n) is 4.31. The molecule has 0 saturated carbocycles. The largest absolute Gasteiger partial charge is 0.366 e. The van der Waals surface area contributed by atoms with Gasteiger partial charge in [0.15, 0.2) is 0 Å². The molecule has 1 aromatic rings. The number of hydrogen-bond donors (Lipinski definition) is 1. The molecule has 2 N–H and O–H groups in total. The first-order valence-corrected chi connectivity index (χ1v) is 7.38. The number of rotatable bonds is 4. The SMILES string of the molecule is CC(=O)N(C)C1CCN(c2ccc(C(N)=O)cc2[N+](=O)[O-])CC1. The zero-order valence-electron chi connectivity index (χ0n) is 13.2. The van der Waals surface area contributed by atoms with Crippen molar-refractivity contribution in [2.45, 2.75) is 25.8 Å². The van der Waals surface area contributed by atoms with Crippen LogP contribution in [0, 0.1) is 10.1 Å². The molecule has 0 atom stereocenters. The lowest BCUT2D eigenvalue weighted by molar-refractivity contribution is -0.384. The van der Waals surface area contributed by atoms with Crippen molar-refractivity contribution in [3.8, 4) is 0 Å². The second-order valence-electron chi connectivity index (χ2n) is 5.67. The molecule has 0 spiro atoms. The van der Waals surface area contributed by atoms with Gasteiger partial charge in [0.1, 0.15) is 5.69 Å². The van der Waals surface area contributed by atoms with Crippen molar-refractivity contribution in [1.82, 2.24) is 4.90 Å². The zero-order valence-corrected chi connectivity index (χ0v) is 13.2. The third kappa shape index (κ3) is 3.58. The minimum absolute atomic E-state index is 0.0141. The number of hydrogen-bond acceptors (Lipinski definition) is 5. The average Bonchev–Trinajstić information content (AvgIpc) is 2.53. The molecule has 8 nitrogen and oxygen atoms in total. The van der Waals surface area contributed by atoms with Crippen LogP contribution in [0.5, 0.6) is 0 Å². The first-order valence-electron chi connectivity index (χ1n) is 7.38. The van der Waals surface area contributed by atoms with Crippen LogP contribution >= 0.6 is 0 Å². The summed E-state index contributed by atoms with van der Waals surface area (Å²) >= 11 is 0. The molecule has 1 aromatic carbocycles. The van der Waals surface area contributed by atoms with Gasteiger partial charge in [0.25, 0.3) is 5.69 Å². The summed E-state index contributed by atoms with van der Waals surface area (Å²) in [4.78, 5) is 37.0. The van der Waals surface area contributed by atoms with Crippen molar-refractivity contribution in [1.29, 1.82) is 0 Å². The summed E-state index contributed by atoms with van der Waals surface area (Å²) < 4.78 is 0. The number of nitro groups is 1. The number of primary amides is 1. The first kappa shape index (κ1) is 16.7. The van der Waals surface area contributed by atoms with Crippen LogP contribution in [0.2, 0.25) is 0 Å². The quantitative estimate of drug-likeness (QED) is 0.661.